The second kappa shape index (κ2) is 7.68. The van der Waals surface area contributed by atoms with E-state index >= 15 is 0 Å². The molecule has 5 rings (SSSR count). The van der Waals surface area contributed by atoms with Crippen LogP contribution in [0.2, 0.25) is 10.2 Å². The second-order valence-electron chi connectivity index (χ2n) is 7.07. The first-order chi connectivity index (χ1) is 15.0. The number of pyridine rings is 1. The van der Waals surface area contributed by atoms with Gasteiger partial charge in [0.25, 0.3) is 5.56 Å². The molecule has 0 fully saturated rings. The molecule has 7 nitrogen and oxygen atoms in total. The maximum absolute atomic E-state index is 13.5. The van der Waals surface area contributed by atoms with Gasteiger partial charge in [-0.3, -0.25) is 14.5 Å². The van der Waals surface area contributed by atoms with Crippen LogP contribution >= 0.6 is 23.2 Å². The molecule has 0 bridgehead atoms. The molecule has 0 radical (unpaired) electrons. The fourth-order valence-corrected chi connectivity index (χ4v) is 4.19. The van der Waals surface area contributed by atoms with E-state index in [1.54, 1.807) is 10.6 Å². The molecule has 31 heavy (non-hydrogen) atoms. The van der Waals surface area contributed by atoms with Gasteiger partial charge in [-0.1, -0.05) is 53.5 Å². The molecule has 0 saturated carbocycles. The van der Waals surface area contributed by atoms with E-state index in [0.29, 0.717) is 32.4 Å². The van der Waals surface area contributed by atoms with Crippen molar-refractivity contribution in [2.45, 2.75) is 13.0 Å². The predicted molar refractivity (Wildman–Crippen MR) is 123 cm³/mol. The quantitative estimate of drug-likeness (QED) is 0.395. The molecule has 9 heteroatoms. The fraction of sp³-hybridized carbons (Fsp3) is 0.0909. The van der Waals surface area contributed by atoms with Crippen LogP contribution < -0.4 is 10.9 Å². The van der Waals surface area contributed by atoms with Gasteiger partial charge in [0.15, 0.2) is 5.65 Å². The highest BCUT2D eigenvalue weighted by Crippen LogP contribution is 2.30. The van der Waals surface area contributed by atoms with E-state index in [2.05, 4.69) is 25.5 Å². The Morgan fingerprint density at radius 3 is 2.65 bits per heavy atom. The zero-order valence-electron chi connectivity index (χ0n) is 16.3. The molecule has 0 saturated heterocycles. The third kappa shape index (κ3) is 3.32. The Hall–Kier alpha value is -3.42. The number of nitrogens with zero attached hydrogens (tertiary/aromatic N) is 4. The van der Waals surface area contributed by atoms with E-state index in [0.717, 1.165) is 16.8 Å². The first kappa shape index (κ1) is 19.5. The summed E-state index contributed by atoms with van der Waals surface area (Å²) in [5.41, 5.74) is 1.76. The van der Waals surface area contributed by atoms with Gasteiger partial charge >= 0.3 is 0 Å². The maximum atomic E-state index is 13.5. The molecule has 3 heterocycles. The Morgan fingerprint density at radius 1 is 1.03 bits per heavy atom. The van der Waals surface area contributed by atoms with Gasteiger partial charge in [0.1, 0.15) is 22.7 Å². The summed E-state index contributed by atoms with van der Waals surface area (Å²) in [6.45, 7) is 1.95. The Labute approximate surface area is 186 Å². The van der Waals surface area contributed by atoms with Crippen molar-refractivity contribution in [2.24, 2.45) is 0 Å². The molecule has 0 aliphatic heterocycles. The van der Waals surface area contributed by atoms with Crippen LogP contribution in [0.3, 0.4) is 0 Å². The normalized spacial score (nSPS) is 12.4. The van der Waals surface area contributed by atoms with Crippen LogP contribution in [0, 0.1) is 0 Å². The smallest absolute Gasteiger partial charge is 0.264 e. The number of nitrogens with one attached hydrogen (secondary N) is 2. The van der Waals surface area contributed by atoms with E-state index in [-0.39, 0.29) is 11.6 Å². The molecule has 0 amide bonds. The Balaban J connectivity index is 1.71. The molecule has 2 N–H and O–H groups in total. The molecule has 154 valence electrons. The number of para-hydroxylation sites is 1. The van der Waals surface area contributed by atoms with Crippen molar-refractivity contribution < 1.29 is 0 Å². The number of halogens is 2. The van der Waals surface area contributed by atoms with Crippen LogP contribution in [0.4, 0.5) is 5.82 Å². The average molecular weight is 451 g/mol. The topological polar surface area (TPSA) is 88.5 Å². The lowest BCUT2D eigenvalue weighted by Gasteiger charge is -2.21. The average Bonchev–Trinajstić information content (AvgIpc) is 3.16. The van der Waals surface area contributed by atoms with Gasteiger partial charge in [-0.05, 0) is 36.6 Å². The van der Waals surface area contributed by atoms with E-state index < -0.39 is 0 Å². The van der Waals surface area contributed by atoms with Crippen molar-refractivity contribution in [1.29, 1.82) is 0 Å². The van der Waals surface area contributed by atoms with Gasteiger partial charge in [-0.15, -0.1) is 0 Å². The molecule has 1 unspecified atom stereocenters. The van der Waals surface area contributed by atoms with Gasteiger partial charge in [-0.2, -0.15) is 5.10 Å². The van der Waals surface area contributed by atoms with Crippen molar-refractivity contribution in [2.75, 3.05) is 5.32 Å². The molecule has 3 aromatic heterocycles. The number of hydrogen-bond donors (Lipinski definition) is 2. The SMILES string of the molecule is CC(Nc1ncnc2n[nH]c(Cl)c12)c1cc2cccc(Cl)c2c(=O)n1-c1ccccc1. The summed E-state index contributed by atoms with van der Waals surface area (Å²) in [4.78, 5) is 22.0. The van der Waals surface area contributed by atoms with Gasteiger partial charge in [0.2, 0.25) is 0 Å². The van der Waals surface area contributed by atoms with E-state index in [1.165, 1.54) is 6.33 Å². The summed E-state index contributed by atoms with van der Waals surface area (Å²) >= 11 is 12.6. The Bertz CT molecular complexity index is 1480. The summed E-state index contributed by atoms with van der Waals surface area (Å²) in [7, 11) is 0. The van der Waals surface area contributed by atoms with E-state index in [1.807, 2.05) is 55.5 Å². The second-order valence-corrected chi connectivity index (χ2v) is 7.86. The fourth-order valence-electron chi connectivity index (χ4n) is 3.71. The number of anilines is 1. The maximum Gasteiger partial charge on any atom is 0.264 e. The van der Waals surface area contributed by atoms with E-state index in [4.69, 9.17) is 23.2 Å². The van der Waals surface area contributed by atoms with Gasteiger partial charge in [-0.25, -0.2) is 9.97 Å². The highest BCUT2D eigenvalue weighted by atomic mass is 35.5. The summed E-state index contributed by atoms with van der Waals surface area (Å²) in [5, 5.41) is 12.7. The minimum atomic E-state index is -0.305. The van der Waals surface area contributed by atoms with Crippen LogP contribution in [0.15, 0.2) is 65.7 Å². The number of fused-ring (bicyclic) bond motifs is 2. The molecule has 0 spiro atoms. The predicted octanol–water partition coefficient (Wildman–Crippen LogP) is 5.14. The lowest BCUT2D eigenvalue weighted by atomic mass is 10.1. The van der Waals surface area contributed by atoms with E-state index in [9.17, 15) is 4.79 Å². The first-order valence-electron chi connectivity index (χ1n) is 9.55. The molecular weight excluding hydrogens is 435 g/mol. The van der Waals surface area contributed by atoms with Gasteiger partial charge < -0.3 is 5.32 Å². The van der Waals surface area contributed by atoms with Crippen LogP contribution in [0.5, 0.6) is 0 Å². The monoisotopic (exact) mass is 450 g/mol. The molecule has 0 aliphatic rings. The van der Waals surface area contributed by atoms with Crippen LogP contribution in [0.25, 0.3) is 27.5 Å². The highest BCUT2D eigenvalue weighted by Gasteiger charge is 2.20. The number of H-pyrrole nitrogens is 1. The van der Waals surface area contributed by atoms with Crippen LogP contribution in [-0.4, -0.2) is 24.7 Å². The number of rotatable bonds is 4. The van der Waals surface area contributed by atoms with Crippen molar-refractivity contribution in [3.63, 3.8) is 0 Å². The Kier molecular flexibility index (Phi) is 4.84. The van der Waals surface area contributed by atoms with Gasteiger partial charge in [0, 0.05) is 11.4 Å². The number of benzene rings is 2. The molecule has 2 aromatic carbocycles. The molecular formula is C22H16Cl2N6O. The molecule has 1 atom stereocenters. The molecule has 0 aliphatic carbocycles. The summed E-state index contributed by atoms with van der Waals surface area (Å²) in [6.07, 6.45) is 1.42. The number of hydrogen-bond acceptors (Lipinski definition) is 5. The first-order valence-corrected chi connectivity index (χ1v) is 10.3. The van der Waals surface area contributed by atoms with Crippen molar-refractivity contribution >= 4 is 50.8 Å². The van der Waals surface area contributed by atoms with Crippen molar-refractivity contribution in [3.8, 4) is 5.69 Å². The number of aromatic amines is 1. The zero-order valence-corrected chi connectivity index (χ0v) is 17.8. The summed E-state index contributed by atoms with van der Waals surface area (Å²) in [6, 6.07) is 16.5. The lowest BCUT2D eigenvalue weighted by Crippen LogP contribution is -2.25. The Morgan fingerprint density at radius 2 is 1.84 bits per heavy atom. The van der Waals surface area contributed by atoms with Crippen LogP contribution in [-0.2, 0) is 0 Å². The lowest BCUT2D eigenvalue weighted by molar-refractivity contribution is 0.774. The van der Waals surface area contributed by atoms with Crippen molar-refractivity contribution in [1.82, 2.24) is 24.7 Å². The summed E-state index contributed by atoms with van der Waals surface area (Å²) in [5.74, 6) is 0.523. The number of aromatic nitrogens is 5. The third-order valence-electron chi connectivity index (χ3n) is 5.14. The minimum Gasteiger partial charge on any atom is -0.361 e. The highest BCUT2D eigenvalue weighted by molar-refractivity contribution is 6.35. The van der Waals surface area contributed by atoms with Crippen LogP contribution in [0.1, 0.15) is 18.7 Å². The minimum absolute atomic E-state index is 0.188. The standard InChI is InChI=1S/C22H16Cl2N6O/c1-12(27-20-18-19(24)28-29-21(18)26-11-25-20)16-10-13-6-5-9-15(23)17(13)22(31)30(16)14-7-3-2-4-8-14/h2-12H,1H3,(H2,25,26,27,28,29). The summed E-state index contributed by atoms with van der Waals surface area (Å²) < 4.78 is 1.67. The largest absolute Gasteiger partial charge is 0.361 e. The van der Waals surface area contributed by atoms with Gasteiger partial charge in [0.05, 0.1) is 16.5 Å². The zero-order chi connectivity index (χ0) is 21.5. The third-order valence-corrected chi connectivity index (χ3v) is 5.73. The molecule has 5 aromatic rings. The van der Waals surface area contributed by atoms with Crippen molar-refractivity contribution in [3.05, 3.63) is 87.1 Å².